The fourth-order valence-electron chi connectivity index (χ4n) is 2.46. The number of halogens is 3. The average Bonchev–Trinajstić information content (AvgIpc) is 3.04. The fraction of sp³-hybridized carbons (Fsp3) is 0.312. The highest BCUT2D eigenvalue weighted by molar-refractivity contribution is 5.59. The topological polar surface area (TPSA) is 78.5 Å². The van der Waals surface area contributed by atoms with Gasteiger partial charge in [-0.05, 0) is 22.9 Å². The third-order valence-corrected chi connectivity index (χ3v) is 3.68. The van der Waals surface area contributed by atoms with Crippen molar-refractivity contribution in [2.75, 3.05) is 0 Å². The lowest BCUT2D eigenvalue weighted by Gasteiger charge is -2.12. The van der Waals surface area contributed by atoms with Crippen LogP contribution in [0.3, 0.4) is 0 Å². The van der Waals surface area contributed by atoms with E-state index in [4.69, 9.17) is 0 Å². The number of rotatable bonds is 5. The monoisotopic (exact) mass is 364 g/mol. The highest BCUT2D eigenvalue weighted by atomic mass is 19.4. The summed E-state index contributed by atoms with van der Waals surface area (Å²) in [6.07, 6.45) is -4.06. The summed E-state index contributed by atoms with van der Waals surface area (Å²) in [6, 6.07) is 9.12. The molecule has 0 amide bonds. The predicted octanol–water partition coefficient (Wildman–Crippen LogP) is 2.37. The highest BCUT2D eigenvalue weighted by Gasteiger charge is 2.35. The second kappa shape index (κ2) is 7.06. The molecule has 0 atom stereocenters. The first-order chi connectivity index (χ1) is 12.4. The Kier molecular flexibility index (Phi) is 4.83. The third kappa shape index (κ3) is 3.63. The second-order valence-corrected chi connectivity index (χ2v) is 5.59. The maximum atomic E-state index is 13.3. The van der Waals surface area contributed by atoms with Crippen molar-refractivity contribution < 1.29 is 13.2 Å². The van der Waals surface area contributed by atoms with Gasteiger partial charge in [-0.25, -0.2) is 9.36 Å². The summed E-state index contributed by atoms with van der Waals surface area (Å²) in [5.74, 6) is 0.264. The van der Waals surface area contributed by atoms with Gasteiger partial charge in [-0.2, -0.15) is 18.3 Å². The van der Waals surface area contributed by atoms with Gasteiger partial charge in [-0.1, -0.05) is 37.3 Å². The summed E-state index contributed by atoms with van der Waals surface area (Å²) >= 11 is 0. The number of aryl methyl sites for hydroxylation is 1. The summed E-state index contributed by atoms with van der Waals surface area (Å²) in [6.45, 7) is 2.14. The molecule has 0 saturated carbocycles. The van der Waals surface area contributed by atoms with Crippen molar-refractivity contribution in [2.45, 2.75) is 32.6 Å². The van der Waals surface area contributed by atoms with Crippen molar-refractivity contribution >= 4 is 0 Å². The van der Waals surface area contributed by atoms with Gasteiger partial charge in [-0.3, -0.25) is 4.79 Å². The molecule has 1 aromatic carbocycles. The van der Waals surface area contributed by atoms with E-state index in [2.05, 4.69) is 20.6 Å². The molecule has 136 valence electrons. The lowest BCUT2D eigenvalue weighted by atomic mass is 10.1. The Balaban J connectivity index is 2.12. The molecule has 0 N–H and O–H groups in total. The van der Waals surface area contributed by atoms with Crippen LogP contribution in [0.2, 0.25) is 0 Å². The smallest absolute Gasteiger partial charge is 0.267 e. The van der Waals surface area contributed by atoms with Gasteiger partial charge in [0, 0.05) is 12.1 Å². The standard InChI is InChI=1S/C16H15F3N6O/c1-2-8-24-14(20-22-23-24)10-25-15(26)12(16(17,18)19)9-13(21-25)11-6-4-3-5-7-11/h3-7,9H,2,8,10H2,1H3. The highest BCUT2D eigenvalue weighted by Crippen LogP contribution is 2.28. The first kappa shape index (κ1) is 17.8. The van der Waals surface area contributed by atoms with E-state index in [9.17, 15) is 18.0 Å². The van der Waals surface area contributed by atoms with Crippen LogP contribution in [0.25, 0.3) is 11.3 Å². The lowest BCUT2D eigenvalue weighted by molar-refractivity contribution is -0.139. The van der Waals surface area contributed by atoms with Crippen LogP contribution >= 0.6 is 0 Å². The molecule has 0 fully saturated rings. The molecule has 7 nitrogen and oxygen atoms in total. The zero-order valence-electron chi connectivity index (χ0n) is 13.8. The van der Waals surface area contributed by atoms with E-state index in [1.165, 1.54) is 4.68 Å². The Morgan fingerprint density at radius 1 is 1.12 bits per heavy atom. The zero-order valence-corrected chi connectivity index (χ0v) is 13.8. The van der Waals surface area contributed by atoms with Crippen LogP contribution in [0.4, 0.5) is 13.2 Å². The number of aromatic nitrogens is 6. The largest absolute Gasteiger partial charge is 0.421 e. The summed E-state index contributed by atoms with van der Waals surface area (Å²) in [5.41, 5.74) is -1.99. The minimum Gasteiger partial charge on any atom is -0.267 e. The summed E-state index contributed by atoms with van der Waals surface area (Å²) in [4.78, 5) is 12.3. The Hall–Kier alpha value is -3.04. The van der Waals surface area contributed by atoms with Gasteiger partial charge in [0.2, 0.25) is 0 Å². The quantitative estimate of drug-likeness (QED) is 0.695. The van der Waals surface area contributed by atoms with Gasteiger partial charge < -0.3 is 0 Å². The van der Waals surface area contributed by atoms with Gasteiger partial charge in [0.1, 0.15) is 12.1 Å². The van der Waals surface area contributed by atoms with Crippen molar-refractivity contribution in [3.63, 3.8) is 0 Å². The van der Waals surface area contributed by atoms with Crippen molar-refractivity contribution in [2.24, 2.45) is 0 Å². The van der Waals surface area contributed by atoms with Crippen LogP contribution in [0.1, 0.15) is 24.7 Å². The molecular formula is C16H15F3N6O. The molecule has 0 aliphatic rings. The van der Waals surface area contributed by atoms with Crippen molar-refractivity contribution in [3.05, 3.63) is 58.1 Å². The van der Waals surface area contributed by atoms with Crippen molar-refractivity contribution in [3.8, 4) is 11.3 Å². The molecule has 0 spiro atoms. The Bertz CT molecular complexity index is 949. The number of hydrogen-bond acceptors (Lipinski definition) is 5. The van der Waals surface area contributed by atoms with Gasteiger partial charge >= 0.3 is 6.18 Å². The number of nitrogens with zero attached hydrogens (tertiary/aromatic N) is 6. The number of hydrogen-bond donors (Lipinski definition) is 0. The van der Waals surface area contributed by atoms with Crippen LogP contribution in [0.15, 0.2) is 41.2 Å². The first-order valence-corrected chi connectivity index (χ1v) is 7.90. The predicted molar refractivity (Wildman–Crippen MR) is 86.1 cm³/mol. The van der Waals surface area contributed by atoms with Crippen LogP contribution in [-0.4, -0.2) is 30.0 Å². The number of benzene rings is 1. The molecule has 10 heteroatoms. The molecule has 3 rings (SSSR count). The van der Waals surface area contributed by atoms with E-state index in [0.717, 1.165) is 17.2 Å². The maximum Gasteiger partial charge on any atom is 0.421 e. The van der Waals surface area contributed by atoms with Crippen molar-refractivity contribution in [1.29, 1.82) is 0 Å². The lowest BCUT2D eigenvalue weighted by Crippen LogP contribution is -2.32. The molecule has 0 unspecified atom stereocenters. The van der Waals surface area contributed by atoms with Crippen LogP contribution in [-0.2, 0) is 19.3 Å². The molecule has 0 bridgehead atoms. The van der Waals surface area contributed by atoms with Crippen LogP contribution in [0.5, 0.6) is 0 Å². The van der Waals surface area contributed by atoms with Gasteiger partial charge in [0.25, 0.3) is 5.56 Å². The number of alkyl halides is 3. The summed E-state index contributed by atoms with van der Waals surface area (Å²) < 4.78 is 42.1. The van der Waals surface area contributed by atoms with E-state index < -0.39 is 17.3 Å². The molecule has 2 aromatic heterocycles. The molecule has 0 saturated heterocycles. The summed E-state index contributed by atoms with van der Waals surface area (Å²) in [5, 5.41) is 15.2. The summed E-state index contributed by atoms with van der Waals surface area (Å²) in [7, 11) is 0. The minimum absolute atomic E-state index is 0.0482. The molecular weight excluding hydrogens is 349 g/mol. The molecule has 3 aromatic rings. The van der Waals surface area contributed by atoms with Gasteiger partial charge in [0.05, 0.1) is 5.69 Å². The maximum absolute atomic E-state index is 13.3. The van der Waals surface area contributed by atoms with Crippen LogP contribution in [0, 0.1) is 0 Å². The number of tetrazole rings is 1. The Labute approximate surface area is 146 Å². The Morgan fingerprint density at radius 3 is 2.50 bits per heavy atom. The molecule has 26 heavy (non-hydrogen) atoms. The van der Waals surface area contributed by atoms with Gasteiger partial charge in [-0.15, -0.1) is 5.10 Å². The average molecular weight is 364 g/mol. The molecule has 0 aliphatic heterocycles. The zero-order chi connectivity index (χ0) is 18.7. The molecule has 2 heterocycles. The van der Waals surface area contributed by atoms with Gasteiger partial charge in [0.15, 0.2) is 5.82 Å². The van der Waals surface area contributed by atoms with E-state index in [1.54, 1.807) is 30.3 Å². The van der Waals surface area contributed by atoms with Crippen molar-refractivity contribution in [1.82, 2.24) is 30.0 Å². The normalized spacial score (nSPS) is 11.7. The van der Waals surface area contributed by atoms with E-state index in [0.29, 0.717) is 12.1 Å². The third-order valence-electron chi connectivity index (χ3n) is 3.68. The van der Waals surface area contributed by atoms with E-state index in [1.807, 2.05) is 6.92 Å². The molecule has 0 radical (unpaired) electrons. The SMILES string of the molecule is CCCn1nnnc1Cn1nc(-c2ccccc2)cc(C(F)(F)F)c1=O. The van der Waals surface area contributed by atoms with E-state index in [-0.39, 0.29) is 18.1 Å². The molecule has 0 aliphatic carbocycles. The second-order valence-electron chi connectivity index (χ2n) is 5.59. The fourth-order valence-corrected chi connectivity index (χ4v) is 2.46. The van der Waals surface area contributed by atoms with Crippen LogP contribution < -0.4 is 5.56 Å². The minimum atomic E-state index is -4.79. The van der Waals surface area contributed by atoms with E-state index >= 15 is 0 Å². The Morgan fingerprint density at radius 2 is 1.85 bits per heavy atom. The first-order valence-electron chi connectivity index (χ1n) is 7.90.